The highest BCUT2D eigenvalue weighted by Gasteiger charge is 2.46. The van der Waals surface area contributed by atoms with Crippen LogP contribution in [0.5, 0.6) is 11.5 Å². The van der Waals surface area contributed by atoms with Crippen molar-refractivity contribution in [1.82, 2.24) is 9.88 Å². The summed E-state index contributed by atoms with van der Waals surface area (Å²) in [7, 11) is 2.76. The maximum absolute atomic E-state index is 13.3. The molecule has 0 saturated carbocycles. The second-order valence-corrected chi connectivity index (χ2v) is 8.73. The zero-order chi connectivity index (χ0) is 25.3. The highest BCUT2D eigenvalue weighted by molar-refractivity contribution is 6.47. The molecule has 0 spiro atoms. The van der Waals surface area contributed by atoms with Crippen LogP contribution < -0.4 is 9.47 Å². The molecule has 1 amide bonds. The fraction of sp³-hybridized carbons (Fsp3) is 0.192. The molecule has 2 aromatic carbocycles. The molecule has 1 fully saturated rings. The number of methoxy groups -OCH3 is 2. The average Bonchev–Trinajstić information content (AvgIpc) is 3.09. The molecule has 2 heterocycles. The van der Waals surface area contributed by atoms with Gasteiger partial charge in [-0.1, -0.05) is 59.1 Å². The topological polar surface area (TPSA) is 89.0 Å². The Kier molecular flexibility index (Phi) is 7.00. The van der Waals surface area contributed by atoms with Crippen molar-refractivity contribution >= 4 is 40.7 Å². The number of ether oxygens (including phenoxy) is 2. The van der Waals surface area contributed by atoms with E-state index in [1.54, 1.807) is 30.5 Å². The van der Waals surface area contributed by atoms with Gasteiger partial charge < -0.3 is 19.5 Å². The Labute approximate surface area is 212 Å². The van der Waals surface area contributed by atoms with Crippen LogP contribution in [0.1, 0.15) is 28.4 Å². The van der Waals surface area contributed by atoms with E-state index >= 15 is 0 Å². The first-order valence-electron chi connectivity index (χ1n) is 10.6. The van der Waals surface area contributed by atoms with E-state index in [4.69, 9.17) is 32.7 Å². The van der Waals surface area contributed by atoms with Gasteiger partial charge in [0.2, 0.25) is 0 Å². The van der Waals surface area contributed by atoms with Crippen LogP contribution in [0.4, 0.5) is 0 Å². The van der Waals surface area contributed by atoms with Gasteiger partial charge in [0.05, 0.1) is 48.7 Å². The third kappa shape index (κ3) is 4.45. The Bertz CT molecular complexity index is 1340. The zero-order valence-corrected chi connectivity index (χ0v) is 20.7. The van der Waals surface area contributed by atoms with Crippen LogP contribution in [0.3, 0.4) is 0 Å². The quantitative estimate of drug-likeness (QED) is 0.272. The number of benzene rings is 2. The van der Waals surface area contributed by atoms with Gasteiger partial charge in [-0.05, 0) is 30.7 Å². The largest absolute Gasteiger partial charge is 0.507 e. The minimum absolute atomic E-state index is 0.0267. The number of amides is 1. The van der Waals surface area contributed by atoms with Crippen molar-refractivity contribution in [1.29, 1.82) is 0 Å². The summed E-state index contributed by atoms with van der Waals surface area (Å²) < 4.78 is 10.6. The number of nitrogens with zero attached hydrogens (tertiary/aromatic N) is 2. The van der Waals surface area contributed by atoms with Crippen LogP contribution in [0.25, 0.3) is 5.76 Å². The van der Waals surface area contributed by atoms with Crippen molar-refractivity contribution in [3.8, 4) is 11.5 Å². The highest BCUT2D eigenvalue weighted by atomic mass is 35.5. The van der Waals surface area contributed by atoms with Gasteiger partial charge in [0.1, 0.15) is 10.8 Å². The minimum Gasteiger partial charge on any atom is -0.507 e. The molecule has 1 N–H and O–H groups in total. The predicted molar refractivity (Wildman–Crippen MR) is 133 cm³/mol. The summed E-state index contributed by atoms with van der Waals surface area (Å²) in [6.45, 7) is 1.97. The third-order valence-electron chi connectivity index (χ3n) is 5.75. The Morgan fingerprint density at radius 3 is 2.43 bits per heavy atom. The van der Waals surface area contributed by atoms with Gasteiger partial charge in [0.25, 0.3) is 11.7 Å². The fourth-order valence-corrected chi connectivity index (χ4v) is 4.87. The summed E-state index contributed by atoms with van der Waals surface area (Å²) in [6.07, 6.45) is 1.61. The summed E-state index contributed by atoms with van der Waals surface area (Å²) in [6, 6.07) is 13.2. The van der Waals surface area contributed by atoms with Crippen LogP contribution >= 0.6 is 23.2 Å². The highest BCUT2D eigenvalue weighted by Crippen LogP contribution is 2.47. The number of aryl methyl sites for hydroxylation is 1. The van der Waals surface area contributed by atoms with Crippen molar-refractivity contribution in [2.75, 3.05) is 14.2 Å². The van der Waals surface area contributed by atoms with Gasteiger partial charge in [-0.15, -0.1) is 0 Å². The Morgan fingerprint density at radius 1 is 1.06 bits per heavy atom. The summed E-state index contributed by atoms with van der Waals surface area (Å²) in [5, 5.41) is 11.6. The molecule has 35 heavy (non-hydrogen) atoms. The normalized spacial score (nSPS) is 17.1. The van der Waals surface area contributed by atoms with E-state index in [-0.39, 0.29) is 39.2 Å². The van der Waals surface area contributed by atoms with Gasteiger partial charge in [0.15, 0.2) is 11.5 Å². The second-order valence-electron chi connectivity index (χ2n) is 7.95. The number of hydrogen-bond donors (Lipinski definition) is 1. The lowest BCUT2D eigenvalue weighted by Gasteiger charge is -2.25. The van der Waals surface area contributed by atoms with Crippen LogP contribution in [0.15, 0.2) is 60.3 Å². The molecule has 7 nitrogen and oxygen atoms in total. The molecule has 1 unspecified atom stereocenters. The van der Waals surface area contributed by atoms with Gasteiger partial charge in [-0.25, -0.2) is 0 Å². The van der Waals surface area contributed by atoms with E-state index in [0.29, 0.717) is 11.3 Å². The molecule has 4 rings (SSSR count). The van der Waals surface area contributed by atoms with E-state index in [2.05, 4.69) is 4.98 Å². The lowest BCUT2D eigenvalue weighted by molar-refractivity contribution is -0.140. The summed E-state index contributed by atoms with van der Waals surface area (Å²) in [5.41, 5.74) is 2.15. The number of carbonyl (C=O) groups is 2. The predicted octanol–water partition coefficient (Wildman–Crippen LogP) is 5.34. The number of likely N-dealkylation sites (tertiary alicyclic amines) is 1. The smallest absolute Gasteiger partial charge is 0.296 e. The van der Waals surface area contributed by atoms with Crippen molar-refractivity contribution < 1.29 is 24.2 Å². The van der Waals surface area contributed by atoms with Crippen LogP contribution in [-0.4, -0.2) is 40.9 Å². The first-order valence-corrected chi connectivity index (χ1v) is 11.4. The second kappa shape index (κ2) is 9.98. The molecule has 1 aliphatic heterocycles. The van der Waals surface area contributed by atoms with E-state index < -0.39 is 23.5 Å². The molecule has 3 aromatic rings. The van der Waals surface area contributed by atoms with E-state index in [9.17, 15) is 14.7 Å². The van der Waals surface area contributed by atoms with Crippen LogP contribution in [-0.2, 0) is 16.1 Å². The third-order valence-corrected chi connectivity index (χ3v) is 6.38. The molecule has 0 aliphatic carbocycles. The summed E-state index contributed by atoms with van der Waals surface area (Å²) >= 11 is 12.7. The first kappa shape index (κ1) is 24.6. The standard InChI is InChI=1S/C26H22Cl2N2O5/c1-14-7-6-8-15(11-14)21-19(23(32)26(33)30(21)13-16-9-4-5-10-29-16)22(31)17-12-18(27)25(35-3)20(28)24(17)34-2/h4-12,21,31H,13H2,1-3H3/b22-19+. The van der Waals surface area contributed by atoms with Crippen molar-refractivity contribution in [3.63, 3.8) is 0 Å². The SMILES string of the molecule is COc1c(Cl)cc(/C(O)=C2\C(=O)C(=O)N(Cc3ccccn3)C2c2cccc(C)c2)c(OC)c1Cl. The molecular formula is C26H22Cl2N2O5. The molecule has 0 radical (unpaired) electrons. The fourth-order valence-electron chi connectivity index (χ4n) is 4.19. The lowest BCUT2D eigenvalue weighted by atomic mass is 9.94. The molecule has 1 aromatic heterocycles. The molecule has 1 atom stereocenters. The number of pyridine rings is 1. The number of aromatic nitrogens is 1. The van der Waals surface area contributed by atoms with Gasteiger partial charge >= 0.3 is 0 Å². The number of aliphatic hydroxyl groups is 1. The molecule has 9 heteroatoms. The first-order chi connectivity index (χ1) is 16.8. The van der Waals surface area contributed by atoms with E-state index in [1.165, 1.54) is 25.2 Å². The van der Waals surface area contributed by atoms with Gasteiger partial charge in [0, 0.05) is 6.20 Å². The maximum atomic E-state index is 13.3. The molecule has 180 valence electrons. The molecule has 1 aliphatic rings. The van der Waals surface area contributed by atoms with Crippen molar-refractivity contribution in [2.45, 2.75) is 19.5 Å². The summed E-state index contributed by atoms with van der Waals surface area (Å²) in [5.74, 6) is -1.83. The number of halogens is 2. The molecule has 0 bridgehead atoms. The van der Waals surface area contributed by atoms with Crippen molar-refractivity contribution in [3.05, 3.63) is 92.7 Å². The number of hydrogen-bond acceptors (Lipinski definition) is 6. The Morgan fingerprint density at radius 2 is 1.80 bits per heavy atom. The molecular weight excluding hydrogens is 491 g/mol. The number of carbonyl (C=O) groups excluding carboxylic acids is 2. The average molecular weight is 513 g/mol. The van der Waals surface area contributed by atoms with E-state index in [0.717, 1.165) is 5.56 Å². The number of aliphatic hydroxyl groups excluding tert-OH is 1. The number of Topliss-reactive ketones (excluding diaryl/α,β-unsaturated/α-hetero) is 1. The zero-order valence-electron chi connectivity index (χ0n) is 19.2. The van der Waals surface area contributed by atoms with E-state index in [1.807, 2.05) is 25.1 Å². The lowest BCUT2D eigenvalue weighted by Crippen LogP contribution is -2.29. The Balaban J connectivity index is 1.95. The maximum Gasteiger partial charge on any atom is 0.296 e. The van der Waals surface area contributed by atoms with Gasteiger partial charge in [-0.3, -0.25) is 14.6 Å². The summed E-state index contributed by atoms with van der Waals surface area (Å²) in [4.78, 5) is 32.2. The van der Waals surface area contributed by atoms with Crippen molar-refractivity contribution in [2.24, 2.45) is 0 Å². The minimum atomic E-state index is -0.874. The Hall–Kier alpha value is -3.55. The molecule has 1 saturated heterocycles. The number of ketones is 1. The van der Waals surface area contributed by atoms with Gasteiger partial charge in [-0.2, -0.15) is 0 Å². The van der Waals surface area contributed by atoms with Crippen LogP contribution in [0, 0.1) is 6.92 Å². The monoisotopic (exact) mass is 512 g/mol. The number of rotatable bonds is 6. The van der Waals surface area contributed by atoms with Crippen LogP contribution in [0.2, 0.25) is 10.0 Å².